The predicted molar refractivity (Wildman–Crippen MR) is 99.7 cm³/mol. The highest BCUT2D eigenvalue weighted by Crippen LogP contribution is 2.32. The van der Waals surface area contributed by atoms with Crippen LogP contribution < -0.4 is 14.8 Å². The summed E-state index contributed by atoms with van der Waals surface area (Å²) in [5.74, 6) is 0.0230. The molecular formula is C19H19ClN2O5. The molecule has 0 saturated heterocycles. The fourth-order valence-corrected chi connectivity index (χ4v) is 3.04. The van der Waals surface area contributed by atoms with Crippen LogP contribution in [0.5, 0.6) is 11.5 Å². The van der Waals surface area contributed by atoms with E-state index in [1.54, 1.807) is 38.1 Å². The zero-order chi connectivity index (χ0) is 19.4. The van der Waals surface area contributed by atoms with Gasteiger partial charge < -0.3 is 19.5 Å². The molecule has 3 rings (SSSR count). The van der Waals surface area contributed by atoms with Crippen molar-refractivity contribution in [2.24, 2.45) is 0 Å². The summed E-state index contributed by atoms with van der Waals surface area (Å²) >= 11 is 6.02. The number of nitrogens with one attached hydrogen (secondary N) is 1. The first-order chi connectivity index (χ1) is 12.9. The zero-order valence-corrected chi connectivity index (χ0v) is 15.8. The van der Waals surface area contributed by atoms with Crippen molar-refractivity contribution in [3.8, 4) is 11.5 Å². The van der Waals surface area contributed by atoms with Crippen LogP contribution in [-0.2, 0) is 9.53 Å². The molecule has 7 nitrogen and oxygen atoms in total. The van der Waals surface area contributed by atoms with Gasteiger partial charge in [0.1, 0.15) is 5.15 Å². The molecule has 0 aliphatic carbocycles. The van der Waals surface area contributed by atoms with Crippen molar-refractivity contribution in [1.82, 2.24) is 4.98 Å². The molecule has 0 atom stereocenters. The van der Waals surface area contributed by atoms with E-state index in [4.69, 9.17) is 25.8 Å². The van der Waals surface area contributed by atoms with Crippen LogP contribution in [0.3, 0.4) is 0 Å². The highest BCUT2D eigenvalue weighted by Gasteiger charge is 2.18. The van der Waals surface area contributed by atoms with Gasteiger partial charge in [-0.25, -0.2) is 9.78 Å². The largest absolute Gasteiger partial charge is 0.490 e. The average molecular weight is 391 g/mol. The molecule has 1 aliphatic heterocycles. The second kappa shape index (κ2) is 8.26. The summed E-state index contributed by atoms with van der Waals surface area (Å²) < 4.78 is 16.2. The van der Waals surface area contributed by atoms with Gasteiger partial charge in [0.15, 0.2) is 18.1 Å². The molecule has 0 radical (unpaired) electrons. The Morgan fingerprint density at radius 2 is 1.93 bits per heavy atom. The van der Waals surface area contributed by atoms with Crippen molar-refractivity contribution in [2.45, 2.75) is 20.3 Å². The molecule has 2 aromatic rings. The van der Waals surface area contributed by atoms with E-state index in [-0.39, 0.29) is 10.7 Å². The SMILES string of the molecule is Cc1cc(C)c(C(=O)OCC(=O)Nc2ccc3c(c2)OCCCO3)c(Cl)n1. The van der Waals surface area contributed by atoms with Crippen LogP contribution in [0.1, 0.15) is 28.0 Å². The van der Waals surface area contributed by atoms with E-state index in [2.05, 4.69) is 10.3 Å². The Balaban J connectivity index is 1.60. The highest BCUT2D eigenvalue weighted by molar-refractivity contribution is 6.32. The number of hydrogen-bond acceptors (Lipinski definition) is 6. The molecule has 2 heterocycles. The molecule has 0 fully saturated rings. The molecule has 1 amide bonds. The van der Waals surface area contributed by atoms with Crippen molar-refractivity contribution in [3.05, 3.63) is 46.2 Å². The third kappa shape index (κ3) is 4.68. The van der Waals surface area contributed by atoms with Gasteiger partial charge in [0, 0.05) is 23.9 Å². The van der Waals surface area contributed by atoms with Crippen molar-refractivity contribution in [3.63, 3.8) is 0 Å². The Bertz CT molecular complexity index is 861. The van der Waals surface area contributed by atoms with E-state index in [9.17, 15) is 9.59 Å². The van der Waals surface area contributed by atoms with E-state index in [1.807, 2.05) is 0 Å². The lowest BCUT2D eigenvalue weighted by atomic mass is 10.1. The van der Waals surface area contributed by atoms with Gasteiger partial charge in [-0.15, -0.1) is 0 Å². The number of esters is 1. The number of aromatic nitrogens is 1. The first-order valence-corrected chi connectivity index (χ1v) is 8.82. The van der Waals surface area contributed by atoms with E-state index >= 15 is 0 Å². The molecule has 1 aliphatic rings. The summed E-state index contributed by atoms with van der Waals surface area (Å²) in [5, 5.41) is 2.71. The number of halogens is 1. The van der Waals surface area contributed by atoms with Crippen LogP contribution in [0.15, 0.2) is 24.3 Å². The summed E-state index contributed by atoms with van der Waals surface area (Å²) in [6.07, 6.45) is 0.794. The lowest BCUT2D eigenvalue weighted by Crippen LogP contribution is -2.21. The number of pyridine rings is 1. The molecule has 142 valence electrons. The first-order valence-electron chi connectivity index (χ1n) is 8.44. The number of fused-ring (bicyclic) bond motifs is 1. The zero-order valence-electron chi connectivity index (χ0n) is 15.0. The number of anilines is 1. The van der Waals surface area contributed by atoms with Crippen molar-refractivity contribution in [1.29, 1.82) is 0 Å². The lowest BCUT2D eigenvalue weighted by molar-refractivity contribution is -0.119. The van der Waals surface area contributed by atoms with E-state index in [1.165, 1.54) is 0 Å². The monoisotopic (exact) mass is 390 g/mol. The molecule has 0 bridgehead atoms. The second-order valence-corrected chi connectivity index (χ2v) is 6.44. The third-order valence-electron chi connectivity index (χ3n) is 3.87. The number of carbonyl (C=O) groups excluding carboxylic acids is 2. The van der Waals surface area contributed by atoms with Gasteiger partial charge in [-0.05, 0) is 37.6 Å². The summed E-state index contributed by atoms with van der Waals surface area (Å²) in [6.45, 7) is 4.19. The summed E-state index contributed by atoms with van der Waals surface area (Å²) in [4.78, 5) is 28.4. The van der Waals surface area contributed by atoms with Crippen LogP contribution in [0.4, 0.5) is 5.69 Å². The molecule has 0 unspecified atom stereocenters. The molecule has 1 aromatic carbocycles. The summed E-state index contributed by atoms with van der Waals surface area (Å²) in [5.41, 5.74) is 2.01. The minimum Gasteiger partial charge on any atom is -0.490 e. The standard InChI is InChI=1S/C19H19ClN2O5/c1-11-8-12(2)21-18(20)17(11)19(24)27-10-16(23)22-13-4-5-14-15(9-13)26-7-3-6-25-14/h4-5,8-9H,3,6-7,10H2,1-2H3,(H,22,23). The van der Waals surface area contributed by atoms with Gasteiger partial charge in [0.05, 0.1) is 18.8 Å². The maximum atomic E-state index is 12.2. The Morgan fingerprint density at radius 3 is 2.67 bits per heavy atom. The van der Waals surface area contributed by atoms with Crippen LogP contribution in [0.25, 0.3) is 0 Å². The maximum absolute atomic E-state index is 12.2. The maximum Gasteiger partial charge on any atom is 0.342 e. The van der Waals surface area contributed by atoms with Gasteiger partial charge >= 0.3 is 5.97 Å². The average Bonchev–Trinajstić information content (AvgIpc) is 2.84. The fourth-order valence-electron chi connectivity index (χ4n) is 2.68. The lowest BCUT2D eigenvalue weighted by Gasteiger charge is -2.11. The molecular weight excluding hydrogens is 372 g/mol. The number of benzene rings is 1. The Kier molecular flexibility index (Phi) is 5.81. The number of ether oxygens (including phenoxy) is 3. The van der Waals surface area contributed by atoms with Crippen LogP contribution >= 0.6 is 11.6 Å². The molecule has 1 aromatic heterocycles. The number of nitrogens with zero attached hydrogens (tertiary/aromatic N) is 1. The smallest absolute Gasteiger partial charge is 0.342 e. The Hall–Kier alpha value is -2.80. The van der Waals surface area contributed by atoms with Crippen molar-refractivity contribution in [2.75, 3.05) is 25.1 Å². The summed E-state index contributed by atoms with van der Waals surface area (Å²) in [7, 11) is 0. The quantitative estimate of drug-likeness (QED) is 0.636. The second-order valence-electron chi connectivity index (χ2n) is 6.08. The van der Waals surface area contributed by atoms with Gasteiger partial charge in [-0.3, -0.25) is 4.79 Å². The minimum atomic E-state index is -0.696. The van der Waals surface area contributed by atoms with Crippen LogP contribution in [-0.4, -0.2) is 36.7 Å². The third-order valence-corrected chi connectivity index (χ3v) is 4.14. The predicted octanol–water partition coefficient (Wildman–Crippen LogP) is 3.31. The Labute approximate surface area is 161 Å². The number of rotatable bonds is 4. The number of carbonyl (C=O) groups is 2. The van der Waals surface area contributed by atoms with Crippen LogP contribution in [0, 0.1) is 13.8 Å². The number of amides is 1. The van der Waals surface area contributed by atoms with Crippen molar-refractivity contribution >= 4 is 29.2 Å². The van der Waals surface area contributed by atoms with Gasteiger partial charge in [-0.1, -0.05) is 11.6 Å². The minimum absolute atomic E-state index is 0.0563. The normalized spacial score (nSPS) is 12.9. The topological polar surface area (TPSA) is 86.8 Å². The van der Waals surface area contributed by atoms with E-state index in [0.717, 1.165) is 6.42 Å². The molecule has 0 saturated carbocycles. The van der Waals surface area contributed by atoms with Crippen LogP contribution in [0.2, 0.25) is 5.15 Å². The molecule has 8 heteroatoms. The first kappa shape index (κ1) is 19.0. The van der Waals surface area contributed by atoms with E-state index < -0.39 is 18.5 Å². The molecule has 1 N–H and O–H groups in total. The Morgan fingerprint density at radius 1 is 1.19 bits per heavy atom. The highest BCUT2D eigenvalue weighted by atomic mass is 35.5. The van der Waals surface area contributed by atoms with Crippen molar-refractivity contribution < 1.29 is 23.8 Å². The van der Waals surface area contributed by atoms with E-state index in [0.29, 0.717) is 41.7 Å². The van der Waals surface area contributed by atoms with Gasteiger partial charge in [0.25, 0.3) is 5.91 Å². The fraction of sp³-hybridized carbons (Fsp3) is 0.316. The number of aryl methyl sites for hydroxylation is 2. The summed E-state index contributed by atoms with van der Waals surface area (Å²) in [6, 6.07) is 6.81. The van der Waals surface area contributed by atoms with Gasteiger partial charge in [0.2, 0.25) is 0 Å². The number of hydrogen-bond donors (Lipinski definition) is 1. The molecule has 0 spiro atoms. The van der Waals surface area contributed by atoms with Gasteiger partial charge in [-0.2, -0.15) is 0 Å². The molecule has 27 heavy (non-hydrogen) atoms.